The molecule has 3 aromatic rings. The van der Waals surface area contributed by atoms with E-state index in [0.717, 1.165) is 33.5 Å². The van der Waals surface area contributed by atoms with Gasteiger partial charge in [0.1, 0.15) is 18.2 Å². The van der Waals surface area contributed by atoms with Gasteiger partial charge >= 0.3 is 0 Å². The molecule has 1 aromatic carbocycles. The summed E-state index contributed by atoms with van der Waals surface area (Å²) >= 11 is 0. The molecule has 0 saturated heterocycles. The first-order valence-corrected chi connectivity index (χ1v) is 6.97. The van der Waals surface area contributed by atoms with Crippen LogP contribution in [-0.2, 0) is 13.6 Å². The van der Waals surface area contributed by atoms with Gasteiger partial charge in [-0.25, -0.2) is 4.98 Å². The molecule has 6 nitrogen and oxygen atoms in total. The van der Waals surface area contributed by atoms with Crippen molar-refractivity contribution in [3.8, 4) is 6.07 Å². The summed E-state index contributed by atoms with van der Waals surface area (Å²) in [6, 6.07) is 6.35. The zero-order valence-electron chi connectivity index (χ0n) is 12.8. The molecule has 0 aliphatic rings. The highest BCUT2D eigenvalue weighted by molar-refractivity contribution is 5.96. The second-order valence-electron chi connectivity index (χ2n) is 5.29. The summed E-state index contributed by atoms with van der Waals surface area (Å²) in [6.07, 6.45) is 3.13. The lowest BCUT2D eigenvalue weighted by molar-refractivity contribution is 0.712. The molecule has 0 aliphatic carbocycles. The fourth-order valence-corrected chi connectivity index (χ4v) is 2.58. The Bertz CT molecular complexity index is 888. The Labute approximate surface area is 128 Å². The average molecular weight is 292 g/mol. The summed E-state index contributed by atoms with van der Waals surface area (Å²) in [5.74, 6) is 0.804. The molecule has 0 saturated carbocycles. The summed E-state index contributed by atoms with van der Waals surface area (Å²) in [7, 11) is 1.84. The molecule has 22 heavy (non-hydrogen) atoms. The number of benzene rings is 1. The molecule has 0 radical (unpaired) electrons. The van der Waals surface area contributed by atoms with Crippen molar-refractivity contribution in [1.29, 1.82) is 5.26 Å². The highest BCUT2D eigenvalue weighted by Crippen LogP contribution is 2.29. The number of nitriles is 1. The molecule has 0 unspecified atom stereocenters. The molecular formula is C16H16N6. The number of anilines is 1. The molecule has 110 valence electrons. The zero-order chi connectivity index (χ0) is 15.7. The van der Waals surface area contributed by atoms with Crippen molar-refractivity contribution in [3.05, 3.63) is 47.2 Å². The zero-order valence-corrected chi connectivity index (χ0v) is 12.8. The van der Waals surface area contributed by atoms with Crippen LogP contribution < -0.4 is 5.32 Å². The van der Waals surface area contributed by atoms with Gasteiger partial charge in [0.25, 0.3) is 0 Å². The molecule has 0 spiro atoms. The number of nitrogens with zero attached hydrogens (tertiary/aromatic N) is 5. The molecule has 2 aromatic heterocycles. The second kappa shape index (κ2) is 5.45. The average Bonchev–Trinajstić information content (AvgIpc) is 2.89. The van der Waals surface area contributed by atoms with E-state index in [1.807, 2.05) is 20.9 Å². The molecule has 6 heteroatoms. The Balaban J connectivity index is 2.10. The van der Waals surface area contributed by atoms with Crippen LogP contribution in [0.4, 0.5) is 5.69 Å². The highest BCUT2D eigenvalue weighted by atomic mass is 15.3. The molecule has 0 atom stereocenters. The van der Waals surface area contributed by atoms with Crippen molar-refractivity contribution in [2.75, 3.05) is 5.32 Å². The van der Waals surface area contributed by atoms with Gasteiger partial charge in [0.05, 0.1) is 23.3 Å². The third kappa shape index (κ3) is 2.37. The van der Waals surface area contributed by atoms with Gasteiger partial charge in [-0.05, 0) is 25.5 Å². The van der Waals surface area contributed by atoms with Gasteiger partial charge in [0.2, 0.25) is 0 Å². The van der Waals surface area contributed by atoms with Crippen molar-refractivity contribution < 1.29 is 0 Å². The second-order valence-corrected chi connectivity index (χ2v) is 5.29. The SMILES string of the molecule is Cc1cc(C)c2ncc(C#N)c(NCc3ncnn3C)c2c1. The minimum Gasteiger partial charge on any atom is -0.376 e. The van der Waals surface area contributed by atoms with Crippen molar-refractivity contribution in [2.24, 2.45) is 7.05 Å². The monoisotopic (exact) mass is 292 g/mol. The molecule has 0 bridgehead atoms. The molecule has 3 rings (SSSR count). The Morgan fingerprint density at radius 1 is 1.27 bits per heavy atom. The number of rotatable bonds is 3. The Kier molecular flexibility index (Phi) is 3.47. The van der Waals surface area contributed by atoms with E-state index in [1.54, 1.807) is 10.9 Å². The van der Waals surface area contributed by atoms with Gasteiger partial charge in [-0.1, -0.05) is 11.6 Å². The van der Waals surface area contributed by atoms with E-state index in [-0.39, 0.29) is 0 Å². The smallest absolute Gasteiger partial charge is 0.145 e. The molecule has 0 aliphatic heterocycles. The first kappa shape index (κ1) is 14.0. The van der Waals surface area contributed by atoms with Crippen LogP contribution in [0, 0.1) is 25.2 Å². The van der Waals surface area contributed by atoms with Crippen LogP contribution in [-0.4, -0.2) is 19.7 Å². The molecule has 0 amide bonds. The Morgan fingerprint density at radius 2 is 2.09 bits per heavy atom. The van der Waals surface area contributed by atoms with Gasteiger partial charge in [0, 0.05) is 18.6 Å². The maximum Gasteiger partial charge on any atom is 0.145 e. The third-order valence-electron chi connectivity index (χ3n) is 3.66. The number of aryl methyl sites for hydroxylation is 3. The van der Waals surface area contributed by atoms with Crippen LogP contribution in [0.2, 0.25) is 0 Å². The minimum absolute atomic E-state index is 0.497. The maximum absolute atomic E-state index is 9.37. The summed E-state index contributed by atoms with van der Waals surface area (Å²) < 4.78 is 1.71. The fourth-order valence-electron chi connectivity index (χ4n) is 2.58. The van der Waals surface area contributed by atoms with E-state index in [9.17, 15) is 5.26 Å². The van der Waals surface area contributed by atoms with Gasteiger partial charge in [-0.2, -0.15) is 10.4 Å². The summed E-state index contributed by atoms with van der Waals surface area (Å²) in [4.78, 5) is 8.61. The molecule has 1 N–H and O–H groups in total. The van der Waals surface area contributed by atoms with Crippen molar-refractivity contribution in [2.45, 2.75) is 20.4 Å². The first-order valence-electron chi connectivity index (χ1n) is 6.97. The van der Waals surface area contributed by atoms with E-state index in [4.69, 9.17) is 0 Å². The standard InChI is InChI=1S/C16H16N6/c1-10-4-11(2)15-13(5-10)16(12(6-17)7-18-15)19-8-14-20-9-21-22(14)3/h4-5,7,9H,8H2,1-3H3,(H,18,19). The van der Waals surface area contributed by atoms with E-state index in [1.165, 1.54) is 6.33 Å². The summed E-state index contributed by atoms with van der Waals surface area (Å²) in [5, 5.41) is 17.7. The highest BCUT2D eigenvalue weighted by Gasteiger charge is 2.12. The number of fused-ring (bicyclic) bond motifs is 1. The lowest BCUT2D eigenvalue weighted by atomic mass is 10.0. The van der Waals surface area contributed by atoms with E-state index < -0.39 is 0 Å². The predicted octanol–water partition coefficient (Wildman–Crippen LogP) is 2.46. The normalized spacial score (nSPS) is 10.6. The van der Waals surface area contributed by atoms with Gasteiger partial charge in [0.15, 0.2) is 0 Å². The van der Waals surface area contributed by atoms with Crippen LogP contribution in [0.25, 0.3) is 10.9 Å². The number of nitrogens with one attached hydrogen (secondary N) is 1. The molecule has 0 fully saturated rings. The van der Waals surface area contributed by atoms with Crippen LogP contribution in [0.5, 0.6) is 0 Å². The van der Waals surface area contributed by atoms with Gasteiger partial charge in [-0.3, -0.25) is 9.67 Å². The summed E-state index contributed by atoms with van der Waals surface area (Å²) in [5.41, 5.74) is 4.47. The van der Waals surface area contributed by atoms with Crippen LogP contribution >= 0.6 is 0 Å². The van der Waals surface area contributed by atoms with E-state index >= 15 is 0 Å². The number of aromatic nitrogens is 4. The van der Waals surface area contributed by atoms with Crippen molar-refractivity contribution in [1.82, 2.24) is 19.7 Å². The van der Waals surface area contributed by atoms with Gasteiger partial charge in [-0.15, -0.1) is 0 Å². The van der Waals surface area contributed by atoms with Crippen molar-refractivity contribution in [3.63, 3.8) is 0 Å². The quantitative estimate of drug-likeness (QED) is 0.802. The lowest BCUT2D eigenvalue weighted by Gasteiger charge is -2.13. The maximum atomic E-state index is 9.37. The van der Waals surface area contributed by atoms with E-state index in [2.05, 4.69) is 38.6 Å². The number of hydrogen-bond acceptors (Lipinski definition) is 5. The van der Waals surface area contributed by atoms with Crippen LogP contribution in [0.1, 0.15) is 22.5 Å². The molecular weight excluding hydrogens is 276 g/mol. The first-order chi connectivity index (χ1) is 10.6. The number of pyridine rings is 1. The van der Waals surface area contributed by atoms with Crippen molar-refractivity contribution >= 4 is 16.6 Å². The topological polar surface area (TPSA) is 79.4 Å². The van der Waals surface area contributed by atoms with Crippen LogP contribution in [0.3, 0.4) is 0 Å². The Hall–Kier alpha value is -2.94. The minimum atomic E-state index is 0.497. The van der Waals surface area contributed by atoms with Crippen LogP contribution in [0.15, 0.2) is 24.7 Å². The third-order valence-corrected chi connectivity index (χ3v) is 3.66. The predicted molar refractivity (Wildman–Crippen MR) is 84.3 cm³/mol. The number of hydrogen-bond donors (Lipinski definition) is 1. The largest absolute Gasteiger partial charge is 0.376 e. The Morgan fingerprint density at radius 3 is 2.77 bits per heavy atom. The van der Waals surface area contributed by atoms with Gasteiger partial charge < -0.3 is 5.32 Å². The fraction of sp³-hybridized carbons (Fsp3) is 0.250. The lowest BCUT2D eigenvalue weighted by Crippen LogP contribution is -2.08. The molecule has 2 heterocycles. The van der Waals surface area contributed by atoms with E-state index in [0.29, 0.717) is 12.1 Å². The summed E-state index contributed by atoms with van der Waals surface area (Å²) in [6.45, 7) is 4.57.